The van der Waals surface area contributed by atoms with Crippen LogP contribution in [-0.4, -0.2) is 24.2 Å². The summed E-state index contributed by atoms with van der Waals surface area (Å²) < 4.78 is 0.917. The highest BCUT2D eigenvalue weighted by molar-refractivity contribution is 9.10. The largest absolute Gasteiger partial charge is 0.478 e. The molecule has 0 saturated carbocycles. The van der Waals surface area contributed by atoms with Crippen molar-refractivity contribution in [2.24, 2.45) is 5.92 Å². The van der Waals surface area contributed by atoms with Crippen molar-refractivity contribution in [1.82, 2.24) is 0 Å². The molecule has 1 rings (SSSR count). The Bertz CT molecular complexity index is 496. The fourth-order valence-electron chi connectivity index (χ4n) is 2.28. The number of benzene rings is 1. The minimum Gasteiger partial charge on any atom is -0.478 e. The summed E-state index contributed by atoms with van der Waals surface area (Å²) >= 11 is 3.52. The molecule has 0 spiro atoms. The third-order valence-electron chi connectivity index (χ3n) is 3.77. The molecular weight excluding hydrogens is 330 g/mol. The lowest BCUT2D eigenvalue weighted by Gasteiger charge is -2.27. The van der Waals surface area contributed by atoms with Crippen LogP contribution in [0, 0.1) is 5.92 Å². The summed E-state index contributed by atoms with van der Waals surface area (Å²) in [6.45, 7) is 8.65. The molecule has 116 valence electrons. The van der Waals surface area contributed by atoms with Crippen molar-refractivity contribution in [2.75, 3.05) is 18.0 Å². The van der Waals surface area contributed by atoms with E-state index in [0.717, 1.165) is 29.2 Å². The number of halogens is 1. The summed E-state index contributed by atoms with van der Waals surface area (Å²) in [5, 5.41) is 8.69. The molecule has 0 amide bonds. The first kappa shape index (κ1) is 17.8. The third-order valence-corrected chi connectivity index (χ3v) is 4.46. The van der Waals surface area contributed by atoms with E-state index in [1.807, 2.05) is 6.07 Å². The van der Waals surface area contributed by atoms with Crippen molar-refractivity contribution < 1.29 is 9.90 Å². The van der Waals surface area contributed by atoms with Gasteiger partial charge in [-0.1, -0.05) is 48.7 Å². The number of carboxylic acid groups (broad SMARTS) is 1. The maximum atomic E-state index is 10.6. The second kappa shape index (κ2) is 8.88. The molecule has 1 aromatic rings. The van der Waals surface area contributed by atoms with E-state index in [9.17, 15) is 4.79 Å². The Morgan fingerprint density at radius 2 is 2.00 bits per heavy atom. The van der Waals surface area contributed by atoms with Crippen LogP contribution in [0.1, 0.15) is 39.2 Å². The predicted molar refractivity (Wildman–Crippen MR) is 92.8 cm³/mol. The van der Waals surface area contributed by atoms with E-state index in [4.69, 9.17) is 5.11 Å². The molecule has 0 fully saturated rings. The SMILES string of the molecule is CCC(CC)CN(CC)c1ccc(/C=C/C(=O)O)c(Br)c1. The number of hydrogen-bond donors (Lipinski definition) is 1. The molecule has 0 bridgehead atoms. The molecule has 0 radical (unpaired) electrons. The van der Waals surface area contributed by atoms with E-state index < -0.39 is 5.97 Å². The highest BCUT2D eigenvalue weighted by Gasteiger charge is 2.11. The Kier molecular flexibility index (Phi) is 7.51. The van der Waals surface area contributed by atoms with Gasteiger partial charge in [-0.15, -0.1) is 0 Å². The van der Waals surface area contributed by atoms with Crippen LogP contribution in [-0.2, 0) is 4.79 Å². The van der Waals surface area contributed by atoms with E-state index in [0.29, 0.717) is 5.92 Å². The highest BCUT2D eigenvalue weighted by atomic mass is 79.9. The Balaban J connectivity index is 2.92. The van der Waals surface area contributed by atoms with E-state index in [2.05, 4.69) is 53.7 Å². The van der Waals surface area contributed by atoms with Gasteiger partial charge in [-0.05, 0) is 36.6 Å². The maximum absolute atomic E-state index is 10.6. The van der Waals surface area contributed by atoms with Gasteiger partial charge in [-0.3, -0.25) is 0 Å². The van der Waals surface area contributed by atoms with Crippen molar-refractivity contribution in [3.8, 4) is 0 Å². The molecule has 1 N–H and O–H groups in total. The van der Waals surface area contributed by atoms with Gasteiger partial charge in [0, 0.05) is 29.3 Å². The second-order valence-corrected chi connectivity index (χ2v) is 5.95. The Morgan fingerprint density at radius 3 is 2.48 bits per heavy atom. The molecule has 0 heterocycles. The number of rotatable bonds is 8. The highest BCUT2D eigenvalue weighted by Crippen LogP contribution is 2.26. The smallest absolute Gasteiger partial charge is 0.328 e. The average molecular weight is 354 g/mol. The van der Waals surface area contributed by atoms with E-state index >= 15 is 0 Å². The van der Waals surface area contributed by atoms with Crippen LogP contribution in [0.25, 0.3) is 6.08 Å². The quantitative estimate of drug-likeness (QED) is 0.681. The van der Waals surface area contributed by atoms with Gasteiger partial charge in [-0.25, -0.2) is 4.79 Å². The standard InChI is InChI=1S/C17H24BrNO2/c1-4-13(5-2)12-19(6-3)15-9-7-14(16(18)11-15)8-10-17(20)21/h7-11,13H,4-6,12H2,1-3H3,(H,20,21)/b10-8+. The maximum Gasteiger partial charge on any atom is 0.328 e. The first-order valence-corrected chi connectivity index (χ1v) is 8.26. The Hall–Kier alpha value is -1.29. The monoisotopic (exact) mass is 353 g/mol. The van der Waals surface area contributed by atoms with Crippen LogP contribution < -0.4 is 4.90 Å². The molecule has 1 aromatic carbocycles. The van der Waals surface area contributed by atoms with Crippen molar-refractivity contribution in [1.29, 1.82) is 0 Å². The van der Waals surface area contributed by atoms with Gasteiger partial charge in [0.1, 0.15) is 0 Å². The molecule has 0 unspecified atom stereocenters. The van der Waals surface area contributed by atoms with Crippen molar-refractivity contribution >= 4 is 33.7 Å². The lowest BCUT2D eigenvalue weighted by Crippen LogP contribution is -2.28. The summed E-state index contributed by atoms with van der Waals surface area (Å²) in [4.78, 5) is 13.0. The number of carbonyl (C=O) groups is 1. The topological polar surface area (TPSA) is 40.5 Å². The number of carboxylic acids is 1. The van der Waals surface area contributed by atoms with Gasteiger partial charge in [0.05, 0.1) is 0 Å². The molecule has 21 heavy (non-hydrogen) atoms. The van der Waals surface area contributed by atoms with Gasteiger partial charge >= 0.3 is 5.97 Å². The summed E-state index contributed by atoms with van der Waals surface area (Å²) in [7, 11) is 0. The zero-order valence-electron chi connectivity index (χ0n) is 13.0. The summed E-state index contributed by atoms with van der Waals surface area (Å²) in [6, 6.07) is 6.07. The van der Waals surface area contributed by atoms with E-state index in [1.165, 1.54) is 18.5 Å². The average Bonchev–Trinajstić information content (AvgIpc) is 2.47. The predicted octanol–water partition coefficient (Wildman–Crippen LogP) is 4.81. The van der Waals surface area contributed by atoms with Crippen LogP contribution in [0.5, 0.6) is 0 Å². The van der Waals surface area contributed by atoms with Crippen LogP contribution in [0.15, 0.2) is 28.7 Å². The summed E-state index contributed by atoms with van der Waals surface area (Å²) in [5.74, 6) is -0.231. The van der Waals surface area contributed by atoms with Gasteiger partial charge in [0.2, 0.25) is 0 Å². The zero-order valence-corrected chi connectivity index (χ0v) is 14.6. The van der Waals surface area contributed by atoms with Gasteiger partial charge in [0.15, 0.2) is 0 Å². The van der Waals surface area contributed by atoms with Crippen LogP contribution in [0.2, 0.25) is 0 Å². The first-order valence-electron chi connectivity index (χ1n) is 7.47. The van der Waals surface area contributed by atoms with Crippen LogP contribution in [0.3, 0.4) is 0 Å². The third kappa shape index (κ3) is 5.54. The normalized spacial score (nSPS) is 11.3. The van der Waals surface area contributed by atoms with Crippen LogP contribution >= 0.6 is 15.9 Å². The number of nitrogens with zero attached hydrogens (tertiary/aromatic N) is 1. The lowest BCUT2D eigenvalue weighted by molar-refractivity contribution is -0.131. The number of anilines is 1. The van der Waals surface area contributed by atoms with Crippen molar-refractivity contribution in [3.63, 3.8) is 0 Å². The molecule has 0 aliphatic carbocycles. The Labute approximate surface area is 135 Å². The molecule has 3 nitrogen and oxygen atoms in total. The minimum absolute atomic E-state index is 0.704. The lowest BCUT2D eigenvalue weighted by atomic mass is 10.0. The van der Waals surface area contributed by atoms with Crippen molar-refractivity contribution in [2.45, 2.75) is 33.6 Å². The van der Waals surface area contributed by atoms with E-state index in [1.54, 1.807) is 6.08 Å². The molecule has 0 atom stereocenters. The number of aliphatic carboxylic acids is 1. The minimum atomic E-state index is -0.935. The van der Waals surface area contributed by atoms with Gasteiger partial charge < -0.3 is 10.0 Å². The molecule has 0 aliphatic heterocycles. The number of hydrogen-bond acceptors (Lipinski definition) is 2. The fraction of sp³-hybridized carbons (Fsp3) is 0.471. The van der Waals surface area contributed by atoms with Crippen molar-refractivity contribution in [3.05, 3.63) is 34.3 Å². The fourth-order valence-corrected chi connectivity index (χ4v) is 2.78. The first-order chi connectivity index (χ1) is 10.0. The zero-order chi connectivity index (χ0) is 15.8. The van der Waals surface area contributed by atoms with Gasteiger partial charge in [0.25, 0.3) is 0 Å². The molecule has 0 saturated heterocycles. The van der Waals surface area contributed by atoms with E-state index in [-0.39, 0.29) is 0 Å². The molecular formula is C17H24BrNO2. The Morgan fingerprint density at radius 1 is 1.33 bits per heavy atom. The van der Waals surface area contributed by atoms with Crippen LogP contribution in [0.4, 0.5) is 5.69 Å². The molecule has 0 aromatic heterocycles. The second-order valence-electron chi connectivity index (χ2n) is 5.10. The summed E-state index contributed by atoms with van der Waals surface area (Å²) in [5.41, 5.74) is 2.04. The van der Waals surface area contributed by atoms with Gasteiger partial charge in [-0.2, -0.15) is 0 Å². The molecule has 0 aliphatic rings. The molecule has 4 heteroatoms. The summed E-state index contributed by atoms with van der Waals surface area (Å²) in [6.07, 6.45) is 5.14.